The Hall–Kier alpha value is -3.55. The van der Waals surface area contributed by atoms with Gasteiger partial charge in [0.05, 0.1) is 17.7 Å². The summed E-state index contributed by atoms with van der Waals surface area (Å²) in [6, 6.07) is 15.3. The fraction of sp³-hybridized carbons (Fsp3) is 0.217. The van der Waals surface area contributed by atoms with E-state index < -0.39 is 23.6 Å². The number of aromatic nitrogens is 1. The number of carbonyl (C=O) groups is 2. The maximum Gasteiger partial charge on any atom is 0.416 e. The number of anilines is 1. The molecule has 8 heteroatoms. The standard InChI is InChI=1S/C23H21F3N2O3/c1-3-31-22(30)19-13-20(16-8-5-4-6-9-16)28(15(19)2)14-21(29)27-18-11-7-10-17(12-18)23(24,25)26/h4-13H,3,14H2,1-2H3,(H,27,29). The number of nitrogens with one attached hydrogen (secondary N) is 1. The van der Waals surface area contributed by atoms with Crippen LogP contribution in [0, 0.1) is 6.92 Å². The van der Waals surface area contributed by atoms with Crippen molar-refractivity contribution in [1.29, 1.82) is 0 Å². The van der Waals surface area contributed by atoms with Crippen molar-refractivity contribution in [2.75, 3.05) is 11.9 Å². The highest BCUT2D eigenvalue weighted by Crippen LogP contribution is 2.31. The van der Waals surface area contributed by atoms with Gasteiger partial charge >= 0.3 is 12.1 Å². The second-order valence-corrected chi connectivity index (χ2v) is 6.83. The van der Waals surface area contributed by atoms with Crippen molar-refractivity contribution in [3.8, 4) is 11.3 Å². The molecule has 5 nitrogen and oxygen atoms in total. The molecule has 0 aliphatic rings. The molecule has 0 saturated carbocycles. The molecule has 0 bridgehead atoms. The molecule has 0 saturated heterocycles. The number of amides is 1. The molecule has 0 atom stereocenters. The van der Waals surface area contributed by atoms with E-state index in [1.165, 1.54) is 12.1 Å². The Morgan fingerprint density at radius 2 is 1.74 bits per heavy atom. The van der Waals surface area contributed by atoms with Crippen molar-refractivity contribution >= 4 is 17.6 Å². The van der Waals surface area contributed by atoms with Crippen molar-refractivity contribution in [1.82, 2.24) is 4.57 Å². The smallest absolute Gasteiger partial charge is 0.416 e. The third kappa shape index (κ3) is 5.14. The van der Waals surface area contributed by atoms with Gasteiger partial charge in [0, 0.05) is 17.1 Å². The molecule has 0 spiro atoms. The van der Waals surface area contributed by atoms with E-state index in [4.69, 9.17) is 4.74 Å². The van der Waals surface area contributed by atoms with Gasteiger partial charge < -0.3 is 14.6 Å². The van der Waals surface area contributed by atoms with Gasteiger partial charge in [-0.2, -0.15) is 13.2 Å². The Bertz CT molecular complexity index is 1090. The average Bonchev–Trinajstić information content (AvgIpc) is 3.05. The quantitative estimate of drug-likeness (QED) is 0.540. The van der Waals surface area contributed by atoms with Crippen molar-refractivity contribution in [3.63, 3.8) is 0 Å². The summed E-state index contributed by atoms with van der Waals surface area (Å²) in [5.74, 6) is -1.03. The maximum atomic E-state index is 12.9. The van der Waals surface area contributed by atoms with E-state index in [-0.39, 0.29) is 18.8 Å². The van der Waals surface area contributed by atoms with Crippen molar-refractivity contribution in [3.05, 3.63) is 77.5 Å². The molecule has 3 rings (SSSR count). The minimum atomic E-state index is -4.51. The number of hydrogen-bond acceptors (Lipinski definition) is 3. The highest BCUT2D eigenvalue weighted by Gasteiger charge is 2.30. The van der Waals surface area contributed by atoms with Crippen LogP contribution in [0.15, 0.2) is 60.7 Å². The summed E-state index contributed by atoms with van der Waals surface area (Å²) in [5, 5.41) is 2.50. The molecule has 0 fully saturated rings. The van der Waals surface area contributed by atoms with Crippen LogP contribution in [-0.2, 0) is 22.3 Å². The van der Waals surface area contributed by atoms with Gasteiger partial charge in [0.2, 0.25) is 5.91 Å². The van der Waals surface area contributed by atoms with E-state index in [2.05, 4.69) is 5.32 Å². The summed E-state index contributed by atoms with van der Waals surface area (Å²) < 4.78 is 45.5. The SMILES string of the molecule is CCOC(=O)c1cc(-c2ccccc2)n(CC(=O)Nc2cccc(C(F)(F)F)c2)c1C. The molecule has 0 aliphatic carbocycles. The van der Waals surface area contributed by atoms with E-state index in [9.17, 15) is 22.8 Å². The Labute approximate surface area is 177 Å². The predicted molar refractivity (Wildman–Crippen MR) is 111 cm³/mol. The van der Waals surface area contributed by atoms with Crippen LogP contribution in [0.5, 0.6) is 0 Å². The van der Waals surface area contributed by atoms with Crippen LogP contribution in [0.1, 0.15) is 28.5 Å². The van der Waals surface area contributed by atoms with E-state index >= 15 is 0 Å². The highest BCUT2D eigenvalue weighted by molar-refractivity contribution is 5.94. The van der Waals surface area contributed by atoms with Crippen LogP contribution < -0.4 is 5.32 Å². The van der Waals surface area contributed by atoms with Gasteiger partial charge in [-0.3, -0.25) is 4.79 Å². The number of ether oxygens (including phenoxy) is 1. The summed E-state index contributed by atoms with van der Waals surface area (Å²) >= 11 is 0. The van der Waals surface area contributed by atoms with Crippen molar-refractivity contribution < 1.29 is 27.5 Å². The van der Waals surface area contributed by atoms with E-state index in [0.29, 0.717) is 17.0 Å². The number of carbonyl (C=O) groups excluding carboxylic acids is 2. The molecule has 2 aromatic carbocycles. The highest BCUT2D eigenvalue weighted by atomic mass is 19.4. The van der Waals surface area contributed by atoms with Gasteiger partial charge in [-0.1, -0.05) is 36.4 Å². The first-order chi connectivity index (χ1) is 14.7. The topological polar surface area (TPSA) is 60.3 Å². The average molecular weight is 430 g/mol. The van der Waals surface area contributed by atoms with Gasteiger partial charge in [0.1, 0.15) is 6.54 Å². The van der Waals surface area contributed by atoms with E-state index in [1.54, 1.807) is 24.5 Å². The van der Waals surface area contributed by atoms with E-state index in [0.717, 1.165) is 17.7 Å². The first-order valence-electron chi connectivity index (χ1n) is 9.60. The number of rotatable bonds is 6. The van der Waals surface area contributed by atoms with E-state index in [1.807, 2.05) is 30.3 Å². The normalized spacial score (nSPS) is 11.3. The van der Waals surface area contributed by atoms with Gasteiger partial charge in [-0.25, -0.2) is 4.79 Å². The van der Waals surface area contributed by atoms with Crippen molar-refractivity contribution in [2.45, 2.75) is 26.6 Å². The zero-order valence-corrected chi connectivity index (χ0v) is 17.0. The molecule has 1 N–H and O–H groups in total. The lowest BCUT2D eigenvalue weighted by molar-refractivity contribution is -0.137. The third-order valence-corrected chi connectivity index (χ3v) is 4.71. The fourth-order valence-corrected chi connectivity index (χ4v) is 3.23. The lowest BCUT2D eigenvalue weighted by Crippen LogP contribution is -2.20. The molecular formula is C23H21F3N2O3. The van der Waals surface area contributed by atoms with Gasteiger partial charge in [-0.15, -0.1) is 0 Å². The van der Waals surface area contributed by atoms with Crippen LogP contribution in [0.25, 0.3) is 11.3 Å². The molecule has 0 radical (unpaired) electrons. The number of halogens is 3. The Morgan fingerprint density at radius 1 is 1.03 bits per heavy atom. The lowest BCUT2D eigenvalue weighted by atomic mass is 10.1. The summed E-state index contributed by atoms with van der Waals surface area (Å²) in [6.07, 6.45) is -4.51. The Kier molecular flexibility index (Phi) is 6.48. The lowest BCUT2D eigenvalue weighted by Gasteiger charge is -2.13. The van der Waals surface area contributed by atoms with Crippen LogP contribution in [0.4, 0.5) is 18.9 Å². The van der Waals surface area contributed by atoms with Gasteiger partial charge in [0.25, 0.3) is 0 Å². The fourth-order valence-electron chi connectivity index (χ4n) is 3.23. The minimum absolute atomic E-state index is 0.0384. The first-order valence-corrected chi connectivity index (χ1v) is 9.60. The predicted octanol–water partition coefficient (Wildman–Crippen LogP) is 5.30. The molecule has 31 heavy (non-hydrogen) atoms. The second-order valence-electron chi connectivity index (χ2n) is 6.83. The van der Waals surface area contributed by atoms with Crippen LogP contribution in [0.2, 0.25) is 0 Å². The maximum absolute atomic E-state index is 12.9. The van der Waals surface area contributed by atoms with Gasteiger partial charge in [0.15, 0.2) is 0 Å². The number of nitrogens with zero attached hydrogens (tertiary/aromatic N) is 1. The summed E-state index contributed by atoms with van der Waals surface area (Å²) in [6.45, 7) is 3.41. The minimum Gasteiger partial charge on any atom is -0.462 e. The largest absolute Gasteiger partial charge is 0.462 e. The zero-order chi connectivity index (χ0) is 22.6. The number of esters is 1. The van der Waals surface area contributed by atoms with Gasteiger partial charge in [-0.05, 0) is 43.7 Å². The molecular weight excluding hydrogens is 409 g/mol. The molecule has 0 aliphatic heterocycles. The molecule has 1 heterocycles. The van der Waals surface area contributed by atoms with Crippen LogP contribution >= 0.6 is 0 Å². The third-order valence-electron chi connectivity index (χ3n) is 4.71. The molecule has 0 unspecified atom stereocenters. The summed E-state index contributed by atoms with van der Waals surface area (Å²) in [5.41, 5.74) is 1.45. The number of alkyl halides is 3. The molecule has 1 amide bonds. The Morgan fingerprint density at radius 3 is 2.39 bits per heavy atom. The Balaban J connectivity index is 1.91. The number of benzene rings is 2. The monoisotopic (exact) mass is 430 g/mol. The zero-order valence-electron chi connectivity index (χ0n) is 17.0. The summed E-state index contributed by atoms with van der Waals surface area (Å²) in [7, 11) is 0. The number of hydrogen-bond donors (Lipinski definition) is 1. The van der Waals surface area contributed by atoms with Crippen LogP contribution in [-0.4, -0.2) is 23.1 Å². The first kappa shape index (κ1) is 22.1. The summed E-state index contributed by atoms with van der Waals surface area (Å²) in [4.78, 5) is 25.0. The molecule has 3 aromatic rings. The van der Waals surface area contributed by atoms with Crippen LogP contribution in [0.3, 0.4) is 0 Å². The van der Waals surface area contributed by atoms with Crippen molar-refractivity contribution in [2.24, 2.45) is 0 Å². The molecule has 162 valence electrons. The second kappa shape index (κ2) is 9.07. The molecule has 1 aromatic heterocycles.